The summed E-state index contributed by atoms with van der Waals surface area (Å²) in [4.78, 5) is 2.11. The van der Waals surface area contributed by atoms with Gasteiger partial charge >= 0.3 is 6.18 Å². The quantitative estimate of drug-likeness (QED) is 0.863. The number of nitrogens with zero attached hydrogens (tertiary/aromatic N) is 1. The van der Waals surface area contributed by atoms with Gasteiger partial charge in [0.25, 0.3) is 0 Å². The predicted molar refractivity (Wildman–Crippen MR) is 71.3 cm³/mol. The monoisotopic (exact) mass is 302 g/mol. The van der Waals surface area contributed by atoms with E-state index in [2.05, 4.69) is 10.2 Å². The lowest BCUT2D eigenvalue weighted by molar-refractivity contribution is -0.139. The largest absolute Gasteiger partial charge is 0.416 e. The highest BCUT2D eigenvalue weighted by molar-refractivity contribution is 5.34. The molecule has 2 fully saturated rings. The predicted octanol–water partition coefficient (Wildman–Crippen LogP) is 3.20. The van der Waals surface area contributed by atoms with Crippen LogP contribution in [0.1, 0.15) is 30.0 Å². The Morgan fingerprint density at radius 3 is 2.38 bits per heavy atom. The molecule has 1 saturated carbocycles. The first-order valence-electron chi connectivity index (χ1n) is 7.28. The van der Waals surface area contributed by atoms with Crippen molar-refractivity contribution in [2.75, 3.05) is 26.2 Å². The molecule has 0 aromatic heterocycles. The van der Waals surface area contributed by atoms with Crippen LogP contribution in [0.25, 0.3) is 0 Å². The van der Waals surface area contributed by atoms with Crippen molar-refractivity contribution >= 4 is 0 Å². The van der Waals surface area contributed by atoms with Crippen molar-refractivity contribution in [1.29, 1.82) is 0 Å². The molecule has 0 spiro atoms. The minimum Gasteiger partial charge on any atom is -0.314 e. The van der Waals surface area contributed by atoms with Crippen LogP contribution in [-0.4, -0.2) is 31.1 Å². The molecule has 0 unspecified atom stereocenters. The average Bonchev–Trinajstić information content (AvgIpc) is 3.25. The van der Waals surface area contributed by atoms with Gasteiger partial charge in [-0.25, -0.2) is 4.39 Å². The van der Waals surface area contributed by atoms with Gasteiger partial charge in [0.05, 0.1) is 5.56 Å². The van der Waals surface area contributed by atoms with Gasteiger partial charge in [0.1, 0.15) is 5.82 Å². The van der Waals surface area contributed by atoms with Crippen molar-refractivity contribution in [2.24, 2.45) is 5.92 Å². The van der Waals surface area contributed by atoms with Gasteiger partial charge in [0.2, 0.25) is 0 Å². The van der Waals surface area contributed by atoms with Crippen molar-refractivity contribution in [3.63, 3.8) is 0 Å². The van der Waals surface area contributed by atoms with Gasteiger partial charge in [-0.2, -0.15) is 13.2 Å². The van der Waals surface area contributed by atoms with Crippen LogP contribution in [-0.2, 0) is 6.18 Å². The maximum Gasteiger partial charge on any atom is 0.416 e. The van der Waals surface area contributed by atoms with E-state index in [-0.39, 0.29) is 17.5 Å². The zero-order chi connectivity index (χ0) is 15.0. The normalized spacial score (nSPS) is 22.3. The van der Waals surface area contributed by atoms with Crippen LogP contribution in [0.4, 0.5) is 17.6 Å². The summed E-state index contributed by atoms with van der Waals surface area (Å²) in [5, 5.41) is 3.21. The van der Waals surface area contributed by atoms with Crippen LogP contribution in [0.3, 0.4) is 0 Å². The summed E-state index contributed by atoms with van der Waals surface area (Å²) in [6, 6.07) is 2.85. The lowest BCUT2D eigenvalue weighted by Gasteiger charge is -2.36. The molecule has 1 N–H and O–H groups in total. The summed E-state index contributed by atoms with van der Waals surface area (Å²) < 4.78 is 53.0. The van der Waals surface area contributed by atoms with Crippen LogP contribution in [0, 0.1) is 11.7 Å². The first-order valence-corrected chi connectivity index (χ1v) is 7.28. The number of hydrogen-bond acceptors (Lipinski definition) is 2. The molecule has 0 bridgehead atoms. The van der Waals surface area contributed by atoms with Gasteiger partial charge in [-0.15, -0.1) is 0 Å². The summed E-state index contributed by atoms with van der Waals surface area (Å²) in [7, 11) is 0. The molecule has 1 aromatic carbocycles. The van der Waals surface area contributed by atoms with E-state index in [9.17, 15) is 17.6 Å². The Morgan fingerprint density at radius 2 is 1.81 bits per heavy atom. The first kappa shape index (κ1) is 14.8. The molecule has 1 saturated heterocycles. The third-order valence-electron chi connectivity index (χ3n) is 4.25. The fourth-order valence-corrected chi connectivity index (χ4v) is 3.15. The van der Waals surface area contributed by atoms with E-state index in [0.717, 1.165) is 45.1 Å². The molecule has 1 aliphatic carbocycles. The third-order valence-corrected chi connectivity index (χ3v) is 4.25. The van der Waals surface area contributed by atoms with E-state index in [0.29, 0.717) is 6.07 Å². The van der Waals surface area contributed by atoms with Crippen molar-refractivity contribution in [2.45, 2.75) is 25.1 Å². The number of halogens is 4. The zero-order valence-electron chi connectivity index (χ0n) is 11.6. The molecule has 1 aliphatic heterocycles. The minimum absolute atomic E-state index is 0.230. The molecule has 1 heterocycles. The Kier molecular flexibility index (Phi) is 3.92. The van der Waals surface area contributed by atoms with E-state index < -0.39 is 17.6 Å². The van der Waals surface area contributed by atoms with Crippen molar-refractivity contribution in [3.8, 4) is 0 Å². The Hall–Kier alpha value is -1.14. The summed E-state index contributed by atoms with van der Waals surface area (Å²) in [5.74, 6) is -0.574. The van der Waals surface area contributed by atoms with Crippen LogP contribution in [0.5, 0.6) is 0 Å². The van der Waals surface area contributed by atoms with E-state index >= 15 is 0 Å². The number of nitrogens with one attached hydrogen (secondary N) is 1. The van der Waals surface area contributed by atoms with Crippen molar-refractivity contribution in [1.82, 2.24) is 10.2 Å². The Labute approximate surface area is 121 Å². The lowest BCUT2D eigenvalue weighted by Crippen LogP contribution is -2.46. The smallest absolute Gasteiger partial charge is 0.314 e. The van der Waals surface area contributed by atoms with Crippen LogP contribution < -0.4 is 5.32 Å². The first-order chi connectivity index (χ1) is 9.97. The Bertz CT molecular complexity index is 505. The molecular formula is C15H18F4N2. The van der Waals surface area contributed by atoms with Crippen molar-refractivity contribution in [3.05, 3.63) is 35.1 Å². The zero-order valence-corrected chi connectivity index (χ0v) is 11.6. The van der Waals surface area contributed by atoms with Crippen LogP contribution in [0.2, 0.25) is 0 Å². The maximum atomic E-state index is 13.3. The highest BCUT2D eigenvalue weighted by Gasteiger charge is 2.42. The second kappa shape index (κ2) is 5.57. The molecule has 3 rings (SSSR count). The fourth-order valence-electron chi connectivity index (χ4n) is 3.15. The minimum atomic E-state index is -4.52. The molecule has 6 heteroatoms. The summed E-state index contributed by atoms with van der Waals surface area (Å²) in [6.45, 7) is 3.03. The highest BCUT2D eigenvalue weighted by Crippen LogP contribution is 2.48. The van der Waals surface area contributed by atoms with E-state index in [1.54, 1.807) is 0 Å². The third kappa shape index (κ3) is 3.21. The molecule has 21 heavy (non-hydrogen) atoms. The lowest BCUT2D eigenvalue weighted by atomic mass is 9.94. The Balaban J connectivity index is 1.99. The second-order valence-corrected chi connectivity index (χ2v) is 5.80. The number of benzene rings is 1. The fraction of sp³-hybridized carbons (Fsp3) is 0.600. The maximum absolute atomic E-state index is 13.3. The topological polar surface area (TPSA) is 15.3 Å². The molecular weight excluding hydrogens is 284 g/mol. The molecule has 2 aliphatic rings. The Morgan fingerprint density at radius 1 is 1.14 bits per heavy atom. The number of alkyl halides is 3. The standard InChI is InChI=1S/C15H18F4N2/c16-11-3-4-12(13(9-11)15(17,18)19)14(10-1-2-10)21-7-5-20-6-8-21/h3-4,9-10,14,20H,1-2,5-8H2/t14-/m0/s1. The average molecular weight is 302 g/mol. The molecule has 1 aromatic rings. The summed E-state index contributed by atoms with van der Waals surface area (Å²) >= 11 is 0. The number of hydrogen-bond donors (Lipinski definition) is 1. The molecule has 2 nitrogen and oxygen atoms in total. The molecule has 0 radical (unpaired) electrons. The van der Waals surface area contributed by atoms with Gasteiger partial charge in [-0.05, 0) is 36.5 Å². The number of rotatable bonds is 3. The SMILES string of the molecule is Fc1ccc([C@H](C2CC2)N2CCNCC2)c(C(F)(F)F)c1. The van der Waals surface area contributed by atoms with Gasteiger partial charge < -0.3 is 5.32 Å². The molecule has 0 amide bonds. The second-order valence-electron chi connectivity index (χ2n) is 5.80. The van der Waals surface area contributed by atoms with Crippen LogP contribution in [0.15, 0.2) is 18.2 Å². The summed E-state index contributed by atoms with van der Waals surface area (Å²) in [6.07, 6.45) is -2.62. The van der Waals surface area contributed by atoms with Gasteiger partial charge in [-0.3, -0.25) is 4.90 Å². The van der Waals surface area contributed by atoms with Gasteiger partial charge in [-0.1, -0.05) is 6.07 Å². The van der Waals surface area contributed by atoms with E-state index in [1.807, 2.05) is 0 Å². The van der Waals surface area contributed by atoms with Gasteiger partial charge in [0, 0.05) is 32.2 Å². The van der Waals surface area contributed by atoms with Crippen molar-refractivity contribution < 1.29 is 17.6 Å². The number of piperazine rings is 1. The van der Waals surface area contributed by atoms with Crippen LogP contribution >= 0.6 is 0 Å². The van der Waals surface area contributed by atoms with E-state index in [1.165, 1.54) is 6.07 Å². The molecule has 1 atom stereocenters. The summed E-state index contributed by atoms with van der Waals surface area (Å²) in [5.41, 5.74) is -0.591. The molecule has 116 valence electrons. The van der Waals surface area contributed by atoms with E-state index in [4.69, 9.17) is 0 Å². The highest BCUT2D eigenvalue weighted by atomic mass is 19.4. The van der Waals surface area contributed by atoms with Gasteiger partial charge in [0.15, 0.2) is 0 Å².